The lowest BCUT2D eigenvalue weighted by Gasteiger charge is -2.16. The molecule has 0 aromatic heterocycles. The number of amides is 2. The number of nitrogens with zero attached hydrogens (tertiary/aromatic N) is 1. The molecule has 20 heavy (non-hydrogen) atoms. The lowest BCUT2D eigenvalue weighted by atomic mass is 10.2. The summed E-state index contributed by atoms with van der Waals surface area (Å²) in [5.41, 5.74) is 0.614. The highest BCUT2D eigenvalue weighted by molar-refractivity contribution is 6.22. The van der Waals surface area contributed by atoms with Gasteiger partial charge in [-0.15, -0.1) is 0 Å². The second-order valence-electron chi connectivity index (χ2n) is 5.19. The Labute approximate surface area is 117 Å². The van der Waals surface area contributed by atoms with Crippen LogP contribution in [0.1, 0.15) is 26.2 Å². The maximum absolute atomic E-state index is 12.3. The largest absolute Gasteiger partial charge is 0.494 e. The van der Waals surface area contributed by atoms with Crippen molar-refractivity contribution in [1.82, 2.24) is 5.32 Å². The van der Waals surface area contributed by atoms with E-state index in [1.807, 2.05) is 6.92 Å². The molecule has 1 atom stereocenters. The van der Waals surface area contributed by atoms with E-state index in [4.69, 9.17) is 4.74 Å². The van der Waals surface area contributed by atoms with E-state index in [1.165, 1.54) is 4.90 Å². The highest BCUT2D eigenvalue weighted by atomic mass is 16.5. The Hall–Kier alpha value is -1.88. The van der Waals surface area contributed by atoms with Crippen molar-refractivity contribution in [3.8, 4) is 5.75 Å². The maximum Gasteiger partial charge on any atom is 0.251 e. The average molecular weight is 274 g/mol. The van der Waals surface area contributed by atoms with Gasteiger partial charge in [-0.05, 0) is 44.0 Å². The summed E-state index contributed by atoms with van der Waals surface area (Å²) in [6, 6.07) is 7.11. The molecule has 0 radical (unpaired) electrons. The number of hydrogen-bond donors (Lipinski definition) is 1. The van der Waals surface area contributed by atoms with Crippen LogP contribution in [0.25, 0.3) is 0 Å². The summed E-state index contributed by atoms with van der Waals surface area (Å²) in [5.74, 6) is 0.450. The minimum Gasteiger partial charge on any atom is -0.494 e. The molecule has 5 nitrogen and oxygen atoms in total. The predicted molar refractivity (Wildman–Crippen MR) is 74.7 cm³/mol. The van der Waals surface area contributed by atoms with Gasteiger partial charge in [0.25, 0.3) is 5.91 Å². The number of carbonyl (C=O) groups excluding carboxylic acids is 2. The zero-order valence-electron chi connectivity index (χ0n) is 11.5. The molecule has 1 saturated heterocycles. The monoisotopic (exact) mass is 274 g/mol. The molecule has 1 heterocycles. The first-order chi connectivity index (χ1) is 9.69. The van der Waals surface area contributed by atoms with Crippen LogP contribution in [0.2, 0.25) is 0 Å². The van der Waals surface area contributed by atoms with E-state index < -0.39 is 0 Å². The number of hydrogen-bond acceptors (Lipinski definition) is 4. The number of ether oxygens (including phenoxy) is 1. The Morgan fingerprint density at radius 2 is 1.95 bits per heavy atom. The van der Waals surface area contributed by atoms with Gasteiger partial charge in [0.15, 0.2) is 0 Å². The molecule has 2 aliphatic rings. The number of rotatable bonds is 5. The third-order valence-corrected chi connectivity index (χ3v) is 3.57. The summed E-state index contributed by atoms with van der Waals surface area (Å²) in [5, 5.41) is 3.23. The Bertz CT molecular complexity index is 522. The Morgan fingerprint density at radius 3 is 2.55 bits per heavy atom. The standard InChI is InChI=1S/C15H18N2O3/c1-2-20-12-7-5-11(6-8-12)17-14(18)9-13(15(17)19)16-10-3-4-10/h5-8,10,13,16H,2-4,9H2,1H3. The molecular formula is C15H18N2O3. The number of nitrogens with one attached hydrogen (secondary N) is 1. The molecule has 1 aliphatic carbocycles. The third-order valence-electron chi connectivity index (χ3n) is 3.57. The van der Waals surface area contributed by atoms with E-state index >= 15 is 0 Å². The van der Waals surface area contributed by atoms with Crippen LogP contribution in [0, 0.1) is 0 Å². The normalized spacial score (nSPS) is 22.4. The Morgan fingerprint density at radius 1 is 1.25 bits per heavy atom. The van der Waals surface area contributed by atoms with Crippen molar-refractivity contribution in [1.29, 1.82) is 0 Å². The van der Waals surface area contributed by atoms with E-state index in [2.05, 4.69) is 5.32 Å². The van der Waals surface area contributed by atoms with Crippen molar-refractivity contribution in [3.63, 3.8) is 0 Å². The molecule has 3 rings (SSSR count). The van der Waals surface area contributed by atoms with E-state index in [9.17, 15) is 9.59 Å². The van der Waals surface area contributed by atoms with E-state index in [0.29, 0.717) is 18.3 Å². The first kappa shape index (κ1) is 13.1. The summed E-state index contributed by atoms with van der Waals surface area (Å²) in [4.78, 5) is 25.6. The number of benzene rings is 1. The molecule has 1 N–H and O–H groups in total. The summed E-state index contributed by atoms with van der Waals surface area (Å²) in [6.07, 6.45) is 2.45. The van der Waals surface area contributed by atoms with E-state index in [-0.39, 0.29) is 24.3 Å². The van der Waals surface area contributed by atoms with Gasteiger partial charge in [0.05, 0.1) is 24.8 Å². The molecule has 1 aromatic rings. The van der Waals surface area contributed by atoms with Crippen LogP contribution in [0.15, 0.2) is 24.3 Å². The topological polar surface area (TPSA) is 58.6 Å². The number of imide groups is 1. The molecule has 0 bridgehead atoms. The molecule has 1 saturated carbocycles. The lowest BCUT2D eigenvalue weighted by molar-refractivity contribution is -0.121. The van der Waals surface area contributed by atoms with Crippen LogP contribution < -0.4 is 15.0 Å². The smallest absolute Gasteiger partial charge is 0.251 e. The van der Waals surface area contributed by atoms with Crippen LogP contribution in [-0.4, -0.2) is 30.5 Å². The van der Waals surface area contributed by atoms with Crippen molar-refractivity contribution in [2.45, 2.75) is 38.3 Å². The number of carbonyl (C=O) groups is 2. The van der Waals surface area contributed by atoms with Crippen molar-refractivity contribution in [3.05, 3.63) is 24.3 Å². The molecule has 1 unspecified atom stereocenters. The summed E-state index contributed by atoms with van der Waals surface area (Å²) in [7, 11) is 0. The van der Waals surface area contributed by atoms with Gasteiger partial charge < -0.3 is 10.1 Å². The van der Waals surface area contributed by atoms with Gasteiger partial charge >= 0.3 is 0 Å². The molecule has 2 fully saturated rings. The molecule has 106 valence electrons. The van der Waals surface area contributed by atoms with Crippen molar-refractivity contribution in [2.75, 3.05) is 11.5 Å². The van der Waals surface area contributed by atoms with Gasteiger partial charge in [0.1, 0.15) is 5.75 Å². The molecule has 1 aromatic carbocycles. The summed E-state index contributed by atoms with van der Waals surface area (Å²) in [6.45, 7) is 2.50. The quantitative estimate of drug-likeness (QED) is 0.826. The fourth-order valence-corrected chi connectivity index (χ4v) is 2.43. The highest BCUT2D eigenvalue weighted by Crippen LogP contribution is 2.27. The third kappa shape index (κ3) is 2.54. The van der Waals surface area contributed by atoms with Gasteiger partial charge in [-0.2, -0.15) is 0 Å². The molecular weight excluding hydrogens is 256 g/mol. The minimum absolute atomic E-state index is 0.141. The second kappa shape index (κ2) is 5.25. The average Bonchev–Trinajstić information content (AvgIpc) is 3.19. The van der Waals surface area contributed by atoms with E-state index in [0.717, 1.165) is 18.6 Å². The molecule has 0 spiro atoms. The van der Waals surface area contributed by atoms with Crippen molar-refractivity contribution >= 4 is 17.5 Å². The second-order valence-corrected chi connectivity index (χ2v) is 5.19. The summed E-state index contributed by atoms with van der Waals surface area (Å²) < 4.78 is 5.36. The summed E-state index contributed by atoms with van der Waals surface area (Å²) >= 11 is 0. The van der Waals surface area contributed by atoms with Crippen LogP contribution in [0.3, 0.4) is 0 Å². The first-order valence-electron chi connectivity index (χ1n) is 7.04. The van der Waals surface area contributed by atoms with Gasteiger partial charge in [-0.1, -0.05) is 0 Å². The fourth-order valence-electron chi connectivity index (χ4n) is 2.43. The van der Waals surface area contributed by atoms with Gasteiger partial charge in [-0.3, -0.25) is 9.59 Å². The zero-order valence-corrected chi connectivity index (χ0v) is 11.5. The van der Waals surface area contributed by atoms with Gasteiger partial charge in [0, 0.05) is 6.04 Å². The van der Waals surface area contributed by atoms with Crippen LogP contribution in [-0.2, 0) is 9.59 Å². The van der Waals surface area contributed by atoms with Crippen LogP contribution in [0.5, 0.6) is 5.75 Å². The predicted octanol–water partition coefficient (Wildman–Crippen LogP) is 1.47. The first-order valence-corrected chi connectivity index (χ1v) is 7.04. The minimum atomic E-state index is -0.360. The Balaban J connectivity index is 1.74. The maximum atomic E-state index is 12.3. The van der Waals surface area contributed by atoms with Crippen molar-refractivity contribution < 1.29 is 14.3 Å². The zero-order chi connectivity index (χ0) is 14.1. The van der Waals surface area contributed by atoms with Gasteiger partial charge in [0.2, 0.25) is 5.91 Å². The lowest BCUT2D eigenvalue weighted by Crippen LogP contribution is -2.39. The Kier molecular flexibility index (Phi) is 3.44. The van der Waals surface area contributed by atoms with Crippen LogP contribution in [0.4, 0.5) is 5.69 Å². The van der Waals surface area contributed by atoms with Crippen molar-refractivity contribution in [2.24, 2.45) is 0 Å². The molecule has 1 aliphatic heterocycles. The molecule has 5 heteroatoms. The molecule has 2 amide bonds. The highest BCUT2D eigenvalue weighted by Gasteiger charge is 2.41. The van der Waals surface area contributed by atoms with Gasteiger partial charge in [-0.25, -0.2) is 4.90 Å². The van der Waals surface area contributed by atoms with Crippen LogP contribution >= 0.6 is 0 Å². The van der Waals surface area contributed by atoms with E-state index in [1.54, 1.807) is 24.3 Å². The number of anilines is 1. The SMILES string of the molecule is CCOc1ccc(N2C(=O)CC(NC3CC3)C2=O)cc1. The fraction of sp³-hybridized carbons (Fsp3) is 0.467.